The normalized spacial score (nSPS) is 20.9. The number of carbonyl (C=O) groups is 1. The Balaban J connectivity index is 4.96. The van der Waals surface area contributed by atoms with Crippen LogP contribution in [0, 0.1) is 0 Å². The largest absolute Gasteiger partial charge is 0.506 e. The molecule has 0 saturated carbocycles. The van der Waals surface area contributed by atoms with E-state index in [2.05, 4.69) is 0 Å². The van der Waals surface area contributed by atoms with Crippen LogP contribution in [0.1, 0.15) is 0 Å². The van der Waals surface area contributed by atoms with Crippen LogP contribution in [0.2, 0.25) is 0 Å². The van der Waals surface area contributed by atoms with E-state index in [1.807, 2.05) is 0 Å². The van der Waals surface area contributed by atoms with Gasteiger partial charge in [-0.2, -0.15) is 0 Å². The molecule has 0 aliphatic heterocycles. The van der Waals surface area contributed by atoms with Gasteiger partial charge in [0.05, 0.1) is 6.61 Å². The molecule has 0 rings (SSSR count). The number of aliphatic hydroxyl groups is 8. The molecule has 0 aromatic heterocycles. The zero-order valence-electron chi connectivity index (χ0n) is 9.53. The highest BCUT2D eigenvalue weighted by molar-refractivity contribution is 5.84. The van der Waals surface area contributed by atoms with Crippen molar-refractivity contribution in [3.05, 3.63) is 11.5 Å². The third-order valence-corrected chi connectivity index (χ3v) is 2.33. The van der Waals surface area contributed by atoms with Crippen molar-refractivity contribution in [2.24, 2.45) is 0 Å². The summed E-state index contributed by atoms with van der Waals surface area (Å²) in [6.45, 7) is -0.955. The van der Waals surface area contributed by atoms with Gasteiger partial charge in [0.2, 0.25) is 5.76 Å². The van der Waals surface area contributed by atoms with Crippen LogP contribution in [0.15, 0.2) is 11.5 Å². The highest BCUT2D eigenvalue weighted by Crippen LogP contribution is 2.14. The minimum Gasteiger partial charge on any atom is -0.506 e. The summed E-state index contributed by atoms with van der Waals surface area (Å²) in [4.78, 5) is 10.3. The Labute approximate surface area is 106 Å². The van der Waals surface area contributed by atoms with Crippen molar-refractivity contribution in [3.8, 4) is 0 Å². The second-order valence-electron chi connectivity index (χ2n) is 3.71. The van der Waals surface area contributed by atoms with E-state index < -0.39 is 54.6 Å². The van der Waals surface area contributed by atoms with Gasteiger partial charge in [-0.15, -0.1) is 0 Å². The van der Waals surface area contributed by atoms with Gasteiger partial charge in [-0.25, -0.2) is 4.79 Å². The molecule has 0 aromatic rings. The lowest BCUT2D eigenvalue weighted by molar-refractivity contribution is -0.142. The Morgan fingerprint density at radius 1 is 0.842 bits per heavy atom. The van der Waals surface area contributed by atoms with Crippen molar-refractivity contribution in [2.75, 3.05) is 6.61 Å². The van der Waals surface area contributed by atoms with Crippen LogP contribution in [-0.2, 0) is 4.79 Å². The number of aliphatic carboxylic acids is 1. The van der Waals surface area contributed by atoms with E-state index in [0.29, 0.717) is 0 Å². The number of carboxylic acids is 1. The van der Waals surface area contributed by atoms with Gasteiger partial charge in [0.1, 0.15) is 30.5 Å². The molecule has 0 bridgehead atoms. The molecule has 0 radical (unpaired) electrons. The monoisotopic (exact) mass is 284 g/mol. The van der Waals surface area contributed by atoms with Gasteiger partial charge in [0, 0.05) is 0 Å². The lowest BCUT2D eigenvalue weighted by Crippen LogP contribution is -2.50. The number of carboxylic acid groups (broad SMARTS) is 1. The van der Waals surface area contributed by atoms with Gasteiger partial charge in [-0.3, -0.25) is 0 Å². The zero-order valence-corrected chi connectivity index (χ0v) is 9.53. The molecule has 0 spiro atoms. The minimum absolute atomic E-state index is 0.955. The predicted octanol–water partition coefficient (Wildman–Crippen LogP) is -3.80. The van der Waals surface area contributed by atoms with E-state index in [9.17, 15) is 25.2 Å². The van der Waals surface area contributed by atoms with E-state index in [-0.39, 0.29) is 0 Å². The van der Waals surface area contributed by atoms with E-state index in [1.165, 1.54) is 0 Å². The first-order chi connectivity index (χ1) is 8.64. The van der Waals surface area contributed by atoms with E-state index >= 15 is 0 Å². The molecule has 112 valence electrons. The van der Waals surface area contributed by atoms with Crippen molar-refractivity contribution in [1.82, 2.24) is 0 Å². The predicted molar refractivity (Wildman–Crippen MR) is 57.0 cm³/mol. The minimum atomic E-state index is -2.42. The van der Waals surface area contributed by atoms with Crippen molar-refractivity contribution in [3.63, 3.8) is 0 Å². The lowest BCUT2D eigenvalue weighted by atomic mass is 9.98. The molecule has 9 N–H and O–H groups in total. The maximum absolute atomic E-state index is 10.3. The van der Waals surface area contributed by atoms with Crippen LogP contribution in [-0.4, -0.2) is 89.1 Å². The second-order valence-corrected chi connectivity index (χ2v) is 3.71. The quantitative estimate of drug-likeness (QED) is 0.165. The van der Waals surface area contributed by atoms with Crippen LogP contribution < -0.4 is 0 Å². The first-order valence-corrected chi connectivity index (χ1v) is 5.01. The van der Waals surface area contributed by atoms with Gasteiger partial charge in [-0.1, -0.05) is 0 Å². The van der Waals surface area contributed by atoms with E-state index in [4.69, 9.17) is 25.5 Å². The van der Waals surface area contributed by atoms with Crippen LogP contribution >= 0.6 is 0 Å². The first-order valence-electron chi connectivity index (χ1n) is 5.01. The van der Waals surface area contributed by atoms with Gasteiger partial charge in [0.25, 0.3) is 0 Å². The Kier molecular flexibility index (Phi) is 6.69. The summed E-state index contributed by atoms with van der Waals surface area (Å²) in [7, 11) is 0. The zero-order chi connectivity index (χ0) is 15.3. The van der Waals surface area contributed by atoms with E-state index in [0.717, 1.165) is 0 Å². The van der Waals surface area contributed by atoms with Crippen LogP contribution in [0.4, 0.5) is 0 Å². The van der Waals surface area contributed by atoms with Crippen LogP contribution in [0.25, 0.3) is 0 Å². The maximum Gasteiger partial charge on any atom is 0.374 e. The molecular formula is C9H16O10. The standard InChI is InChI=1S/C9H16O10/c10-1-2(11)3(12)4(13)5(14)6(15)7(16)8(17)9(18)19/h2-6,10-17H,1H2,(H,18,19). The summed E-state index contributed by atoms with van der Waals surface area (Å²) in [5.41, 5.74) is 0. The molecule has 5 atom stereocenters. The van der Waals surface area contributed by atoms with Crippen LogP contribution in [0.3, 0.4) is 0 Å². The summed E-state index contributed by atoms with van der Waals surface area (Å²) in [6, 6.07) is 0. The summed E-state index contributed by atoms with van der Waals surface area (Å²) in [5.74, 6) is -5.19. The highest BCUT2D eigenvalue weighted by atomic mass is 16.4. The molecule has 0 heterocycles. The summed E-state index contributed by atoms with van der Waals surface area (Å²) < 4.78 is 0. The summed E-state index contributed by atoms with van der Waals surface area (Å²) >= 11 is 0. The molecule has 0 aliphatic carbocycles. The second kappa shape index (κ2) is 7.23. The number of hydrogen-bond acceptors (Lipinski definition) is 9. The number of rotatable bonds is 7. The van der Waals surface area contributed by atoms with E-state index in [1.54, 1.807) is 0 Å². The molecule has 5 unspecified atom stereocenters. The average Bonchev–Trinajstić information content (AvgIpc) is 2.40. The van der Waals surface area contributed by atoms with Crippen molar-refractivity contribution in [1.29, 1.82) is 0 Å². The lowest BCUT2D eigenvalue weighted by Gasteiger charge is -2.28. The van der Waals surface area contributed by atoms with Crippen molar-refractivity contribution in [2.45, 2.75) is 30.5 Å². The first kappa shape index (κ1) is 17.6. The third kappa shape index (κ3) is 4.31. The molecule has 19 heavy (non-hydrogen) atoms. The fourth-order valence-electron chi connectivity index (χ4n) is 1.14. The summed E-state index contributed by atoms with van der Waals surface area (Å²) in [6.07, 6.45) is -10.9. The summed E-state index contributed by atoms with van der Waals surface area (Å²) in [5, 5.41) is 80.9. The molecule has 0 saturated heterocycles. The van der Waals surface area contributed by atoms with Gasteiger partial charge >= 0.3 is 5.97 Å². The fourth-order valence-corrected chi connectivity index (χ4v) is 1.14. The molecule has 0 fully saturated rings. The topological polar surface area (TPSA) is 199 Å². The highest BCUT2D eigenvalue weighted by Gasteiger charge is 2.37. The van der Waals surface area contributed by atoms with Gasteiger partial charge in [0.15, 0.2) is 5.76 Å². The van der Waals surface area contributed by atoms with Crippen molar-refractivity contribution < 1.29 is 50.8 Å². The Morgan fingerprint density at radius 2 is 1.32 bits per heavy atom. The third-order valence-electron chi connectivity index (χ3n) is 2.33. The van der Waals surface area contributed by atoms with Crippen molar-refractivity contribution >= 4 is 5.97 Å². The smallest absolute Gasteiger partial charge is 0.374 e. The van der Waals surface area contributed by atoms with Gasteiger partial charge in [-0.05, 0) is 0 Å². The van der Waals surface area contributed by atoms with Crippen LogP contribution in [0.5, 0.6) is 0 Å². The Bertz CT molecular complexity index is 340. The SMILES string of the molecule is O=C(O)C(O)=C(O)C(O)C(O)C(O)C(O)C(O)CO. The molecule has 0 aromatic carbocycles. The molecule has 0 amide bonds. The number of hydrogen-bond donors (Lipinski definition) is 9. The Hall–Kier alpha value is -1.43. The average molecular weight is 284 g/mol. The molecule has 0 aliphatic rings. The molecule has 10 heteroatoms. The maximum atomic E-state index is 10.3. The fraction of sp³-hybridized carbons (Fsp3) is 0.667. The number of aliphatic hydroxyl groups excluding tert-OH is 8. The molecular weight excluding hydrogens is 268 g/mol. The van der Waals surface area contributed by atoms with Gasteiger partial charge < -0.3 is 46.0 Å². The molecule has 10 nitrogen and oxygen atoms in total. The Morgan fingerprint density at radius 3 is 1.68 bits per heavy atom.